The van der Waals surface area contributed by atoms with E-state index in [2.05, 4.69) is 11.6 Å². The fourth-order valence-corrected chi connectivity index (χ4v) is 5.10. The van der Waals surface area contributed by atoms with Gasteiger partial charge in [-0.3, -0.25) is 4.79 Å². The summed E-state index contributed by atoms with van der Waals surface area (Å²) in [6.45, 7) is 3.85. The Kier molecular flexibility index (Phi) is 8.27. The molecule has 3 rings (SSSR count). The SMILES string of the molecule is CSc1ccc(S(=O)(=O)NCCOc2ccc(Cl)cc2)cc1C(=O)N1CCC(C)CC1. The summed E-state index contributed by atoms with van der Waals surface area (Å²) in [6.07, 6.45) is 3.81. The van der Waals surface area contributed by atoms with Crippen LogP contribution in [0.25, 0.3) is 0 Å². The largest absolute Gasteiger partial charge is 0.492 e. The predicted molar refractivity (Wildman–Crippen MR) is 125 cm³/mol. The van der Waals surface area contributed by atoms with Crippen molar-refractivity contribution in [3.63, 3.8) is 0 Å². The van der Waals surface area contributed by atoms with Gasteiger partial charge in [-0.05, 0) is 67.5 Å². The zero-order valence-corrected chi connectivity index (χ0v) is 20.0. The molecule has 1 aliphatic rings. The minimum atomic E-state index is -3.77. The van der Waals surface area contributed by atoms with Gasteiger partial charge in [0.25, 0.3) is 5.91 Å². The van der Waals surface area contributed by atoms with Gasteiger partial charge in [-0.2, -0.15) is 0 Å². The first kappa shape index (κ1) is 23.9. The van der Waals surface area contributed by atoms with Crippen LogP contribution in [0.3, 0.4) is 0 Å². The van der Waals surface area contributed by atoms with Crippen molar-refractivity contribution in [3.8, 4) is 5.75 Å². The van der Waals surface area contributed by atoms with E-state index in [1.807, 2.05) is 11.2 Å². The molecule has 1 saturated heterocycles. The molecule has 31 heavy (non-hydrogen) atoms. The number of rotatable bonds is 8. The number of sulfonamides is 1. The highest BCUT2D eigenvalue weighted by atomic mass is 35.5. The van der Waals surface area contributed by atoms with Crippen LogP contribution in [0.5, 0.6) is 5.75 Å². The van der Waals surface area contributed by atoms with Crippen LogP contribution in [0.4, 0.5) is 0 Å². The Morgan fingerprint density at radius 1 is 1.19 bits per heavy atom. The summed E-state index contributed by atoms with van der Waals surface area (Å²) in [4.78, 5) is 15.7. The van der Waals surface area contributed by atoms with Crippen molar-refractivity contribution in [3.05, 3.63) is 53.1 Å². The van der Waals surface area contributed by atoms with Crippen LogP contribution >= 0.6 is 23.4 Å². The Labute approximate surface area is 193 Å². The van der Waals surface area contributed by atoms with Crippen LogP contribution in [0.15, 0.2) is 52.3 Å². The Morgan fingerprint density at radius 3 is 2.52 bits per heavy atom. The van der Waals surface area contributed by atoms with Crippen molar-refractivity contribution in [1.29, 1.82) is 0 Å². The molecule has 0 aromatic heterocycles. The lowest BCUT2D eigenvalue weighted by atomic mass is 9.98. The molecule has 1 amide bonds. The second kappa shape index (κ2) is 10.7. The van der Waals surface area contributed by atoms with Crippen molar-refractivity contribution >= 4 is 39.3 Å². The molecule has 0 bridgehead atoms. The van der Waals surface area contributed by atoms with Crippen molar-refractivity contribution in [2.75, 3.05) is 32.5 Å². The van der Waals surface area contributed by atoms with Gasteiger partial charge in [0.15, 0.2) is 0 Å². The topological polar surface area (TPSA) is 75.7 Å². The van der Waals surface area contributed by atoms with E-state index in [1.54, 1.807) is 30.3 Å². The number of benzene rings is 2. The molecule has 0 aliphatic carbocycles. The maximum atomic E-state index is 13.1. The number of nitrogens with one attached hydrogen (secondary N) is 1. The molecule has 1 fully saturated rings. The third kappa shape index (κ3) is 6.38. The van der Waals surface area contributed by atoms with Crippen molar-refractivity contribution in [2.45, 2.75) is 29.6 Å². The number of carbonyl (C=O) groups is 1. The quantitative estimate of drug-likeness (QED) is 0.448. The maximum absolute atomic E-state index is 13.1. The zero-order valence-electron chi connectivity index (χ0n) is 17.6. The number of piperidine rings is 1. The molecular weight excluding hydrogens is 456 g/mol. The van der Waals surface area contributed by atoms with Gasteiger partial charge >= 0.3 is 0 Å². The molecular formula is C22H27ClN2O4S2. The van der Waals surface area contributed by atoms with Gasteiger partial charge in [-0.1, -0.05) is 18.5 Å². The number of carbonyl (C=O) groups excluding carboxylic acids is 1. The average Bonchev–Trinajstić information content (AvgIpc) is 2.77. The molecule has 0 atom stereocenters. The summed E-state index contributed by atoms with van der Waals surface area (Å²) in [5.74, 6) is 1.10. The lowest BCUT2D eigenvalue weighted by molar-refractivity contribution is 0.0693. The van der Waals surface area contributed by atoms with E-state index in [0.717, 1.165) is 17.7 Å². The van der Waals surface area contributed by atoms with Crippen molar-refractivity contribution in [1.82, 2.24) is 9.62 Å². The van der Waals surface area contributed by atoms with Crippen LogP contribution in [0, 0.1) is 5.92 Å². The Morgan fingerprint density at radius 2 is 1.87 bits per heavy atom. The van der Waals surface area contributed by atoms with E-state index < -0.39 is 10.0 Å². The fourth-order valence-electron chi connectivity index (χ4n) is 3.36. The highest BCUT2D eigenvalue weighted by Gasteiger charge is 2.25. The first-order valence-electron chi connectivity index (χ1n) is 10.2. The number of amides is 1. The molecule has 168 valence electrons. The summed E-state index contributed by atoms with van der Waals surface area (Å²) < 4.78 is 33.6. The number of nitrogens with zero attached hydrogens (tertiary/aromatic N) is 1. The number of hydrogen-bond acceptors (Lipinski definition) is 5. The van der Waals surface area contributed by atoms with Crippen molar-refractivity contribution in [2.24, 2.45) is 5.92 Å². The van der Waals surface area contributed by atoms with Crippen LogP contribution in [-0.2, 0) is 10.0 Å². The Bertz CT molecular complexity index is 1000. The molecule has 2 aromatic carbocycles. The highest BCUT2D eigenvalue weighted by Crippen LogP contribution is 2.27. The van der Waals surface area contributed by atoms with Gasteiger partial charge < -0.3 is 9.64 Å². The third-order valence-corrected chi connectivity index (χ3v) is 7.77. The summed E-state index contributed by atoms with van der Waals surface area (Å²) in [6, 6.07) is 11.6. The zero-order chi connectivity index (χ0) is 22.4. The minimum absolute atomic E-state index is 0.0746. The minimum Gasteiger partial charge on any atom is -0.492 e. The second-order valence-corrected chi connectivity index (χ2v) is 10.6. The monoisotopic (exact) mass is 482 g/mol. The number of hydrogen-bond donors (Lipinski definition) is 1. The van der Waals surface area contributed by atoms with E-state index in [4.69, 9.17) is 16.3 Å². The van der Waals surface area contributed by atoms with Gasteiger partial charge in [0.2, 0.25) is 10.0 Å². The van der Waals surface area contributed by atoms with Crippen LogP contribution < -0.4 is 9.46 Å². The number of halogens is 1. The summed E-state index contributed by atoms with van der Waals surface area (Å²) >= 11 is 7.27. The lowest BCUT2D eigenvalue weighted by Gasteiger charge is -2.30. The van der Waals surface area contributed by atoms with Gasteiger partial charge in [0.05, 0.1) is 10.5 Å². The predicted octanol–water partition coefficient (Wildman–Crippen LogP) is 4.29. The molecule has 9 heteroatoms. The summed E-state index contributed by atoms with van der Waals surface area (Å²) in [5, 5.41) is 0.603. The smallest absolute Gasteiger partial charge is 0.255 e. The molecule has 0 saturated carbocycles. The van der Waals surface area contributed by atoms with Gasteiger partial charge in [-0.15, -0.1) is 11.8 Å². The number of ether oxygens (including phenoxy) is 1. The third-order valence-electron chi connectivity index (χ3n) is 5.26. The van der Waals surface area contributed by atoms with Gasteiger partial charge in [-0.25, -0.2) is 13.1 Å². The lowest BCUT2D eigenvalue weighted by Crippen LogP contribution is -2.38. The van der Waals surface area contributed by atoms with E-state index in [9.17, 15) is 13.2 Å². The first-order valence-corrected chi connectivity index (χ1v) is 13.2. The summed E-state index contributed by atoms with van der Waals surface area (Å²) in [7, 11) is -3.77. The van der Waals surface area contributed by atoms with Gasteiger partial charge in [0.1, 0.15) is 12.4 Å². The molecule has 6 nitrogen and oxygen atoms in total. The molecule has 0 spiro atoms. The normalized spacial score (nSPS) is 15.1. The van der Waals surface area contributed by atoms with E-state index in [-0.39, 0.29) is 24.0 Å². The second-order valence-electron chi connectivity index (χ2n) is 7.54. The molecule has 1 N–H and O–H groups in total. The van der Waals surface area contributed by atoms with E-state index >= 15 is 0 Å². The Hall–Kier alpha value is -1.74. The van der Waals surface area contributed by atoms with E-state index in [1.165, 1.54) is 23.9 Å². The molecule has 1 heterocycles. The van der Waals surface area contributed by atoms with Crippen LogP contribution in [0.1, 0.15) is 30.1 Å². The average molecular weight is 483 g/mol. The van der Waals surface area contributed by atoms with Crippen molar-refractivity contribution < 1.29 is 17.9 Å². The molecule has 1 aliphatic heterocycles. The first-order chi connectivity index (χ1) is 14.8. The fraction of sp³-hybridized carbons (Fsp3) is 0.409. The maximum Gasteiger partial charge on any atom is 0.255 e. The standard InChI is InChI=1S/C22H27ClN2O4S2/c1-16-9-12-25(13-10-16)22(26)20-15-19(7-8-21(20)30-2)31(27,28)24-11-14-29-18-5-3-17(23)4-6-18/h3-8,15-16,24H,9-14H2,1-2H3. The molecule has 0 unspecified atom stereocenters. The number of likely N-dealkylation sites (tertiary alicyclic amines) is 1. The van der Waals surface area contributed by atoms with E-state index in [0.29, 0.717) is 35.3 Å². The highest BCUT2D eigenvalue weighted by molar-refractivity contribution is 7.98. The van der Waals surface area contributed by atoms with Crippen LogP contribution in [0.2, 0.25) is 5.02 Å². The summed E-state index contributed by atoms with van der Waals surface area (Å²) in [5.41, 5.74) is 0.433. The van der Waals surface area contributed by atoms with Crippen LogP contribution in [-0.4, -0.2) is 51.7 Å². The Balaban J connectivity index is 1.67. The molecule has 2 aromatic rings. The van der Waals surface area contributed by atoms with Gasteiger partial charge in [0, 0.05) is 29.6 Å². The number of thioether (sulfide) groups is 1. The molecule has 0 radical (unpaired) electrons.